The number of pyridine rings is 1. The lowest BCUT2D eigenvalue weighted by molar-refractivity contribution is 0.403. The molecule has 1 aromatic heterocycles. The van der Waals surface area contributed by atoms with Crippen LogP contribution in [0.15, 0.2) is 48.7 Å². The molecule has 0 fully saturated rings. The van der Waals surface area contributed by atoms with E-state index in [1.807, 2.05) is 42.6 Å². The van der Waals surface area contributed by atoms with Crippen molar-refractivity contribution in [2.75, 3.05) is 13.7 Å². The first-order valence-corrected chi connectivity index (χ1v) is 6.64. The largest absolute Gasteiger partial charge is 0.496 e. The topological polar surface area (TPSA) is 34.2 Å². The molecule has 100 valence electrons. The molecule has 0 spiro atoms. The minimum atomic E-state index is 0.0669. The molecule has 1 aromatic carbocycles. The molecule has 1 unspecified atom stereocenters. The van der Waals surface area contributed by atoms with Crippen molar-refractivity contribution in [3.63, 3.8) is 0 Å². The van der Waals surface area contributed by atoms with E-state index in [-0.39, 0.29) is 6.04 Å². The minimum Gasteiger partial charge on any atom is -0.496 e. The van der Waals surface area contributed by atoms with Crippen LogP contribution in [0.5, 0.6) is 5.75 Å². The molecule has 0 aliphatic heterocycles. The summed E-state index contributed by atoms with van der Waals surface area (Å²) in [6.45, 7) is 3.10. The van der Waals surface area contributed by atoms with Crippen molar-refractivity contribution in [3.05, 3.63) is 59.9 Å². The van der Waals surface area contributed by atoms with Crippen molar-refractivity contribution >= 4 is 0 Å². The van der Waals surface area contributed by atoms with Crippen LogP contribution in [0.1, 0.15) is 30.6 Å². The van der Waals surface area contributed by atoms with Gasteiger partial charge in [0.25, 0.3) is 0 Å². The normalized spacial score (nSPS) is 12.1. The number of para-hydroxylation sites is 1. The molecule has 3 heteroatoms. The number of benzene rings is 1. The van der Waals surface area contributed by atoms with E-state index in [1.165, 1.54) is 0 Å². The van der Waals surface area contributed by atoms with Crippen LogP contribution < -0.4 is 10.1 Å². The average Bonchev–Trinajstić information content (AvgIpc) is 2.49. The van der Waals surface area contributed by atoms with Gasteiger partial charge in [0.2, 0.25) is 0 Å². The lowest BCUT2D eigenvalue weighted by Crippen LogP contribution is -2.24. The smallest absolute Gasteiger partial charge is 0.124 e. The average molecular weight is 256 g/mol. The van der Waals surface area contributed by atoms with Crippen molar-refractivity contribution in [1.82, 2.24) is 10.3 Å². The van der Waals surface area contributed by atoms with Crippen molar-refractivity contribution in [2.45, 2.75) is 19.4 Å². The zero-order chi connectivity index (χ0) is 13.5. The summed E-state index contributed by atoms with van der Waals surface area (Å²) in [5, 5.41) is 3.53. The van der Waals surface area contributed by atoms with E-state index in [0.717, 1.165) is 30.0 Å². The third-order valence-electron chi connectivity index (χ3n) is 3.03. The van der Waals surface area contributed by atoms with Crippen molar-refractivity contribution in [2.24, 2.45) is 0 Å². The Kier molecular flexibility index (Phi) is 4.93. The second-order valence-corrected chi connectivity index (χ2v) is 4.38. The Bertz CT molecular complexity index is 499. The molecule has 0 saturated heterocycles. The third kappa shape index (κ3) is 3.32. The summed E-state index contributed by atoms with van der Waals surface area (Å²) in [6, 6.07) is 14.1. The summed E-state index contributed by atoms with van der Waals surface area (Å²) in [5.74, 6) is 0.891. The first kappa shape index (κ1) is 13.6. The van der Waals surface area contributed by atoms with Crippen LogP contribution in [0.3, 0.4) is 0 Å². The first-order chi connectivity index (χ1) is 9.36. The number of methoxy groups -OCH3 is 1. The maximum absolute atomic E-state index is 5.46. The van der Waals surface area contributed by atoms with Crippen molar-refractivity contribution < 1.29 is 4.74 Å². The van der Waals surface area contributed by atoms with Crippen LogP contribution in [-0.4, -0.2) is 18.6 Å². The van der Waals surface area contributed by atoms with Gasteiger partial charge < -0.3 is 10.1 Å². The Hall–Kier alpha value is -1.87. The van der Waals surface area contributed by atoms with Crippen LogP contribution in [-0.2, 0) is 0 Å². The predicted molar refractivity (Wildman–Crippen MR) is 77.4 cm³/mol. The lowest BCUT2D eigenvalue weighted by Gasteiger charge is -2.20. The second kappa shape index (κ2) is 6.90. The molecule has 0 radical (unpaired) electrons. The monoisotopic (exact) mass is 256 g/mol. The molecule has 0 amide bonds. The van der Waals surface area contributed by atoms with E-state index >= 15 is 0 Å². The molecule has 1 N–H and O–H groups in total. The van der Waals surface area contributed by atoms with Gasteiger partial charge in [0.05, 0.1) is 18.8 Å². The van der Waals surface area contributed by atoms with Crippen LogP contribution in [0.4, 0.5) is 0 Å². The molecule has 0 aliphatic carbocycles. The highest BCUT2D eigenvalue weighted by atomic mass is 16.5. The summed E-state index contributed by atoms with van der Waals surface area (Å²) < 4.78 is 5.46. The Morgan fingerprint density at radius 3 is 2.63 bits per heavy atom. The molecule has 1 heterocycles. The minimum absolute atomic E-state index is 0.0669. The van der Waals surface area contributed by atoms with Gasteiger partial charge in [0.15, 0.2) is 0 Å². The van der Waals surface area contributed by atoms with E-state index in [1.54, 1.807) is 7.11 Å². The molecule has 2 aromatic rings. The number of hydrogen-bond donors (Lipinski definition) is 1. The summed E-state index contributed by atoms with van der Waals surface area (Å²) in [5.41, 5.74) is 2.14. The quantitative estimate of drug-likeness (QED) is 0.862. The van der Waals surface area contributed by atoms with Gasteiger partial charge >= 0.3 is 0 Å². The predicted octanol–water partition coefficient (Wildman–Crippen LogP) is 3.18. The van der Waals surface area contributed by atoms with Gasteiger partial charge in [-0.05, 0) is 31.2 Å². The fourth-order valence-corrected chi connectivity index (χ4v) is 2.11. The van der Waals surface area contributed by atoms with Gasteiger partial charge in [-0.25, -0.2) is 0 Å². The van der Waals surface area contributed by atoms with Crippen LogP contribution in [0.25, 0.3) is 0 Å². The summed E-state index contributed by atoms with van der Waals surface area (Å²) in [7, 11) is 1.70. The summed E-state index contributed by atoms with van der Waals surface area (Å²) in [4.78, 5) is 4.47. The Morgan fingerprint density at radius 1 is 1.16 bits per heavy atom. The lowest BCUT2D eigenvalue weighted by atomic mass is 10.0. The number of aromatic nitrogens is 1. The molecule has 1 atom stereocenters. The Balaban J connectivity index is 2.37. The number of hydrogen-bond acceptors (Lipinski definition) is 3. The standard InChI is InChI=1S/C16H20N2O/c1-3-11-18-16(14-9-6-7-12-17-14)13-8-4-5-10-15(13)19-2/h4-10,12,16,18H,3,11H2,1-2H3. The Labute approximate surface area is 114 Å². The van der Waals surface area contributed by atoms with Gasteiger partial charge in [0, 0.05) is 11.8 Å². The van der Waals surface area contributed by atoms with Crippen molar-refractivity contribution in [1.29, 1.82) is 0 Å². The number of rotatable bonds is 6. The van der Waals surface area contributed by atoms with Crippen LogP contribution in [0.2, 0.25) is 0 Å². The van der Waals surface area contributed by atoms with Crippen LogP contribution in [0, 0.1) is 0 Å². The highest BCUT2D eigenvalue weighted by molar-refractivity contribution is 5.39. The molecule has 3 nitrogen and oxygen atoms in total. The van der Waals surface area contributed by atoms with E-state index in [9.17, 15) is 0 Å². The zero-order valence-corrected chi connectivity index (χ0v) is 11.5. The van der Waals surface area contributed by atoms with Gasteiger partial charge in [-0.3, -0.25) is 4.98 Å². The number of ether oxygens (including phenoxy) is 1. The Morgan fingerprint density at radius 2 is 1.95 bits per heavy atom. The van der Waals surface area contributed by atoms with Gasteiger partial charge in [-0.1, -0.05) is 31.2 Å². The first-order valence-electron chi connectivity index (χ1n) is 6.64. The van der Waals surface area contributed by atoms with Gasteiger partial charge in [0.1, 0.15) is 5.75 Å². The molecule has 0 aliphatic rings. The third-order valence-corrected chi connectivity index (χ3v) is 3.03. The molecule has 19 heavy (non-hydrogen) atoms. The fraction of sp³-hybridized carbons (Fsp3) is 0.312. The maximum Gasteiger partial charge on any atom is 0.124 e. The van der Waals surface area contributed by atoms with Crippen LogP contribution >= 0.6 is 0 Å². The summed E-state index contributed by atoms with van der Waals surface area (Å²) in [6.07, 6.45) is 2.91. The zero-order valence-electron chi connectivity index (χ0n) is 11.5. The maximum atomic E-state index is 5.46. The summed E-state index contributed by atoms with van der Waals surface area (Å²) >= 11 is 0. The number of nitrogens with zero attached hydrogens (tertiary/aromatic N) is 1. The van der Waals surface area contributed by atoms with E-state index < -0.39 is 0 Å². The van der Waals surface area contributed by atoms with Crippen molar-refractivity contribution in [3.8, 4) is 5.75 Å². The SMILES string of the molecule is CCCNC(c1ccccn1)c1ccccc1OC. The number of nitrogens with one attached hydrogen (secondary N) is 1. The molecule has 0 saturated carbocycles. The molecule has 0 bridgehead atoms. The van der Waals surface area contributed by atoms with E-state index in [4.69, 9.17) is 4.74 Å². The molecule has 2 rings (SSSR count). The van der Waals surface area contributed by atoms with E-state index in [2.05, 4.69) is 23.3 Å². The van der Waals surface area contributed by atoms with Gasteiger partial charge in [-0.15, -0.1) is 0 Å². The highest BCUT2D eigenvalue weighted by Gasteiger charge is 2.17. The fourth-order valence-electron chi connectivity index (χ4n) is 2.11. The van der Waals surface area contributed by atoms with Gasteiger partial charge in [-0.2, -0.15) is 0 Å². The molecular formula is C16H20N2O. The highest BCUT2D eigenvalue weighted by Crippen LogP contribution is 2.28. The molecular weight excluding hydrogens is 236 g/mol. The second-order valence-electron chi connectivity index (χ2n) is 4.38. The van der Waals surface area contributed by atoms with E-state index in [0.29, 0.717) is 0 Å².